The number of pyridine rings is 1. The Morgan fingerprint density at radius 2 is 1.75 bits per heavy atom. The topological polar surface area (TPSA) is 41.3 Å². The van der Waals surface area contributed by atoms with Gasteiger partial charge in [-0.3, -0.25) is 4.98 Å². The van der Waals surface area contributed by atoms with Crippen molar-refractivity contribution in [2.24, 2.45) is 0 Å². The number of hydrogen-bond donors (Lipinski definition) is 1. The summed E-state index contributed by atoms with van der Waals surface area (Å²) in [5, 5.41) is 5.37. The minimum atomic E-state index is -0.230. The Morgan fingerprint density at radius 1 is 0.969 bits per heavy atom. The molecule has 1 saturated heterocycles. The number of benzene rings is 2. The summed E-state index contributed by atoms with van der Waals surface area (Å²) in [6.45, 7) is 2.04. The van der Waals surface area contributed by atoms with Crippen LogP contribution in [-0.4, -0.2) is 10.1 Å². The first-order valence-corrected chi connectivity index (χ1v) is 11.3. The van der Waals surface area contributed by atoms with Gasteiger partial charge in [0.2, 0.25) is 0 Å². The van der Waals surface area contributed by atoms with Crippen molar-refractivity contribution in [3.63, 3.8) is 0 Å². The van der Waals surface area contributed by atoms with Crippen molar-refractivity contribution in [3.8, 4) is 11.3 Å². The van der Waals surface area contributed by atoms with Gasteiger partial charge in [-0.15, -0.1) is 0 Å². The Balaban J connectivity index is 1.61. The van der Waals surface area contributed by atoms with Gasteiger partial charge < -0.3 is 14.6 Å². The quantitative estimate of drug-likeness (QED) is 0.315. The molecule has 4 nitrogen and oxygen atoms in total. The van der Waals surface area contributed by atoms with Crippen molar-refractivity contribution in [1.82, 2.24) is 10.3 Å². The molecule has 0 spiro atoms. The molecule has 2 unspecified atom stereocenters. The third kappa shape index (κ3) is 3.88. The average Bonchev–Trinajstić information content (AvgIpc) is 3.41. The van der Waals surface area contributed by atoms with Gasteiger partial charge in [0.25, 0.3) is 0 Å². The second-order valence-corrected chi connectivity index (χ2v) is 8.89. The highest BCUT2D eigenvalue weighted by atomic mass is 35.5. The molecule has 7 heteroatoms. The van der Waals surface area contributed by atoms with Crippen LogP contribution >= 0.6 is 35.4 Å². The first-order valence-electron chi connectivity index (χ1n) is 10.1. The monoisotopic (exact) mass is 479 g/mol. The highest BCUT2D eigenvalue weighted by Gasteiger charge is 2.42. The fourth-order valence-electron chi connectivity index (χ4n) is 4.04. The van der Waals surface area contributed by atoms with Gasteiger partial charge in [0.05, 0.1) is 11.7 Å². The van der Waals surface area contributed by atoms with Gasteiger partial charge in [0.1, 0.15) is 17.6 Å². The summed E-state index contributed by atoms with van der Waals surface area (Å²) in [5.74, 6) is 1.53. The number of hydrogen-bond acceptors (Lipinski definition) is 3. The van der Waals surface area contributed by atoms with E-state index in [9.17, 15) is 0 Å². The zero-order chi connectivity index (χ0) is 22.2. The molecule has 5 rings (SSSR count). The predicted molar refractivity (Wildman–Crippen MR) is 133 cm³/mol. The fraction of sp³-hybridized carbons (Fsp3) is 0.120. The van der Waals surface area contributed by atoms with Crippen molar-refractivity contribution in [2.75, 3.05) is 4.90 Å². The van der Waals surface area contributed by atoms with Crippen LogP contribution in [0.4, 0.5) is 5.69 Å². The lowest BCUT2D eigenvalue weighted by atomic mass is 10.0. The molecule has 2 aromatic heterocycles. The molecule has 0 saturated carbocycles. The number of furan rings is 1. The van der Waals surface area contributed by atoms with E-state index in [0.29, 0.717) is 15.2 Å². The molecule has 0 amide bonds. The van der Waals surface area contributed by atoms with E-state index >= 15 is 0 Å². The lowest BCUT2D eigenvalue weighted by Crippen LogP contribution is -2.29. The standard InChI is InChI=1S/C25H19Cl2N3OS/c1-15-5-6-17(27)14-19(15)21-11-12-22(31-21)24-23(20-4-2-3-13-28-20)29-25(32)30(24)18-9-7-16(26)8-10-18/h2-14,23-24H,1H3,(H,29,32). The van der Waals surface area contributed by atoms with Crippen LogP contribution in [0.2, 0.25) is 10.0 Å². The van der Waals surface area contributed by atoms with E-state index in [1.165, 1.54) is 0 Å². The van der Waals surface area contributed by atoms with Crippen LogP contribution < -0.4 is 10.2 Å². The van der Waals surface area contributed by atoms with Crippen LogP contribution in [0.1, 0.15) is 29.1 Å². The third-order valence-corrected chi connectivity index (χ3v) is 6.39. The number of nitrogens with one attached hydrogen (secondary N) is 1. The van der Waals surface area contributed by atoms with Crippen LogP contribution in [0, 0.1) is 6.92 Å². The van der Waals surface area contributed by atoms with Crippen LogP contribution in [-0.2, 0) is 0 Å². The normalized spacial score (nSPS) is 18.1. The zero-order valence-electron chi connectivity index (χ0n) is 17.1. The minimum Gasteiger partial charge on any atom is -0.459 e. The lowest BCUT2D eigenvalue weighted by Gasteiger charge is -2.26. The molecule has 3 heterocycles. The second-order valence-electron chi connectivity index (χ2n) is 7.63. The maximum atomic E-state index is 6.41. The van der Waals surface area contributed by atoms with E-state index in [1.807, 2.05) is 79.7 Å². The number of anilines is 1. The van der Waals surface area contributed by atoms with Crippen LogP contribution in [0.5, 0.6) is 0 Å². The van der Waals surface area contributed by atoms with Crippen LogP contribution in [0.3, 0.4) is 0 Å². The first kappa shape index (κ1) is 21.0. The number of aryl methyl sites for hydroxylation is 1. The van der Waals surface area contributed by atoms with E-state index in [1.54, 1.807) is 6.20 Å². The molecule has 2 aromatic carbocycles. The van der Waals surface area contributed by atoms with Crippen LogP contribution in [0.15, 0.2) is 83.4 Å². The molecule has 1 aliphatic rings. The maximum Gasteiger partial charge on any atom is 0.174 e. The molecular weight excluding hydrogens is 461 g/mol. The van der Waals surface area contributed by atoms with Gasteiger partial charge in [0, 0.05) is 27.5 Å². The summed E-state index contributed by atoms with van der Waals surface area (Å²) < 4.78 is 6.41. The number of halogens is 2. The van der Waals surface area contributed by atoms with E-state index in [4.69, 9.17) is 39.8 Å². The molecular formula is C25H19Cl2N3OS. The van der Waals surface area contributed by atoms with Crippen molar-refractivity contribution < 1.29 is 4.42 Å². The number of nitrogens with zero attached hydrogens (tertiary/aromatic N) is 2. The van der Waals surface area contributed by atoms with E-state index < -0.39 is 0 Å². The molecule has 0 radical (unpaired) electrons. The number of aromatic nitrogens is 1. The van der Waals surface area contributed by atoms with Gasteiger partial charge in [-0.05, 0) is 85.4 Å². The molecule has 2 atom stereocenters. The average molecular weight is 480 g/mol. The summed E-state index contributed by atoms with van der Waals surface area (Å²) in [4.78, 5) is 6.63. The number of rotatable bonds is 4. The van der Waals surface area contributed by atoms with Crippen molar-refractivity contribution in [1.29, 1.82) is 0 Å². The summed E-state index contributed by atoms with van der Waals surface area (Å²) in [7, 11) is 0. The van der Waals surface area contributed by atoms with Gasteiger partial charge in [-0.25, -0.2) is 0 Å². The van der Waals surface area contributed by atoms with Gasteiger partial charge in [-0.1, -0.05) is 35.3 Å². The second kappa shape index (κ2) is 8.58. The lowest BCUT2D eigenvalue weighted by molar-refractivity contribution is 0.439. The van der Waals surface area contributed by atoms with Crippen molar-refractivity contribution in [3.05, 3.63) is 106 Å². The van der Waals surface area contributed by atoms with E-state index in [2.05, 4.69) is 15.2 Å². The fourth-order valence-corrected chi connectivity index (χ4v) is 4.68. The van der Waals surface area contributed by atoms with Gasteiger partial charge >= 0.3 is 0 Å². The Kier molecular flexibility index (Phi) is 5.64. The summed E-state index contributed by atoms with van der Waals surface area (Å²) in [5.41, 5.74) is 3.86. The maximum absolute atomic E-state index is 6.41. The van der Waals surface area contributed by atoms with Gasteiger partial charge in [-0.2, -0.15) is 0 Å². The molecule has 1 N–H and O–H groups in total. The van der Waals surface area contributed by atoms with Gasteiger partial charge in [0.15, 0.2) is 5.11 Å². The first-order chi connectivity index (χ1) is 15.5. The van der Waals surface area contributed by atoms with Crippen molar-refractivity contribution >= 4 is 46.2 Å². The van der Waals surface area contributed by atoms with E-state index in [0.717, 1.165) is 34.0 Å². The summed E-state index contributed by atoms with van der Waals surface area (Å²) >= 11 is 18.1. The zero-order valence-corrected chi connectivity index (χ0v) is 19.5. The molecule has 32 heavy (non-hydrogen) atoms. The van der Waals surface area contributed by atoms with E-state index in [-0.39, 0.29) is 12.1 Å². The Labute approximate surface area is 201 Å². The molecule has 160 valence electrons. The summed E-state index contributed by atoms with van der Waals surface area (Å²) in [6.07, 6.45) is 1.78. The Hall–Kier alpha value is -2.86. The largest absolute Gasteiger partial charge is 0.459 e. The SMILES string of the molecule is Cc1ccc(Cl)cc1-c1ccc(C2C(c3ccccn3)NC(=S)N2c2ccc(Cl)cc2)o1. The van der Waals surface area contributed by atoms with Crippen LogP contribution in [0.25, 0.3) is 11.3 Å². The minimum absolute atomic E-state index is 0.182. The molecule has 0 aliphatic carbocycles. The molecule has 4 aromatic rings. The highest BCUT2D eigenvalue weighted by molar-refractivity contribution is 7.80. The summed E-state index contributed by atoms with van der Waals surface area (Å²) in [6, 6.07) is 22.8. The smallest absolute Gasteiger partial charge is 0.174 e. The third-order valence-electron chi connectivity index (χ3n) is 5.59. The van der Waals surface area contributed by atoms with Crippen molar-refractivity contribution in [2.45, 2.75) is 19.0 Å². The molecule has 1 aliphatic heterocycles. The highest BCUT2D eigenvalue weighted by Crippen LogP contribution is 2.43. The Morgan fingerprint density at radius 3 is 2.50 bits per heavy atom. The Bertz CT molecular complexity index is 1270. The molecule has 1 fully saturated rings. The number of thiocarbonyl (C=S) groups is 1. The molecule has 0 bridgehead atoms. The predicted octanol–water partition coefficient (Wildman–Crippen LogP) is 7.13.